The molecule has 0 fully saturated rings. The van der Waals surface area contributed by atoms with Gasteiger partial charge in [0.2, 0.25) is 11.8 Å². The van der Waals surface area contributed by atoms with Crippen molar-refractivity contribution in [3.63, 3.8) is 0 Å². The number of hydrogen-bond acceptors (Lipinski definition) is 6. The monoisotopic (exact) mass is 482 g/mol. The van der Waals surface area contributed by atoms with E-state index in [4.69, 9.17) is 9.47 Å². The standard InChI is InChI=1S/C24H30N4O5Si/c1-15(29)26-20-8-6-16-5-7-17(11-18(16)20)33-21-12-25-23-22(27-21)19(24(30)31)13-28(23)14-32-9-10-34(2,3)4/h5,7,11-13,20H,6,8-10,14H2,1-4H3,(H,26,29)(H,30,31)/t20-/m1/s1. The highest BCUT2D eigenvalue weighted by atomic mass is 28.3. The van der Waals surface area contributed by atoms with Crippen molar-refractivity contribution in [2.45, 2.75) is 58.2 Å². The molecule has 0 spiro atoms. The molecule has 0 radical (unpaired) electrons. The summed E-state index contributed by atoms with van der Waals surface area (Å²) in [6.07, 6.45) is 4.71. The molecular formula is C24H30N4O5Si. The first kappa shape index (κ1) is 23.9. The Kier molecular flexibility index (Phi) is 6.71. The van der Waals surface area contributed by atoms with E-state index < -0.39 is 14.0 Å². The van der Waals surface area contributed by atoms with Gasteiger partial charge in [-0.15, -0.1) is 0 Å². The highest BCUT2D eigenvalue weighted by Gasteiger charge is 2.24. The molecule has 2 N–H and O–H groups in total. The van der Waals surface area contributed by atoms with Gasteiger partial charge >= 0.3 is 5.97 Å². The Morgan fingerprint density at radius 1 is 1.29 bits per heavy atom. The SMILES string of the molecule is CC(=O)N[C@@H]1CCc2ccc(Oc3cnc4c(n3)c(C(=O)O)cn4COCC[Si](C)(C)C)cc21. The Bertz CT molecular complexity index is 1230. The van der Waals surface area contributed by atoms with E-state index in [1.165, 1.54) is 24.9 Å². The van der Waals surface area contributed by atoms with Crippen molar-refractivity contribution in [1.82, 2.24) is 19.9 Å². The fourth-order valence-electron chi connectivity index (χ4n) is 4.04. The second kappa shape index (κ2) is 9.55. The molecule has 0 bridgehead atoms. The van der Waals surface area contributed by atoms with Crippen molar-refractivity contribution in [3.8, 4) is 11.6 Å². The number of carboxylic acid groups (broad SMARTS) is 1. The summed E-state index contributed by atoms with van der Waals surface area (Å²) in [5, 5.41) is 12.6. The molecule has 1 aliphatic rings. The van der Waals surface area contributed by atoms with Crippen molar-refractivity contribution < 1.29 is 24.2 Å². The number of carboxylic acids is 1. The van der Waals surface area contributed by atoms with Crippen LogP contribution in [0.25, 0.3) is 11.2 Å². The molecule has 9 nitrogen and oxygen atoms in total. The second-order valence-corrected chi connectivity index (χ2v) is 15.4. The zero-order valence-corrected chi connectivity index (χ0v) is 20.9. The molecule has 1 aliphatic carbocycles. The number of hydrogen-bond donors (Lipinski definition) is 2. The minimum absolute atomic E-state index is 0.0430. The van der Waals surface area contributed by atoms with Gasteiger partial charge in [0.25, 0.3) is 0 Å². The van der Waals surface area contributed by atoms with Crippen molar-refractivity contribution in [2.24, 2.45) is 0 Å². The third-order valence-electron chi connectivity index (χ3n) is 5.80. The minimum Gasteiger partial charge on any atom is -0.478 e. The molecule has 0 aliphatic heterocycles. The van der Waals surface area contributed by atoms with E-state index in [0.29, 0.717) is 18.0 Å². The third-order valence-corrected chi connectivity index (χ3v) is 7.50. The summed E-state index contributed by atoms with van der Waals surface area (Å²) < 4.78 is 13.4. The molecule has 1 atom stereocenters. The third kappa shape index (κ3) is 5.45. The zero-order valence-electron chi connectivity index (χ0n) is 19.9. The van der Waals surface area contributed by atoms with Crippen molar-refractivity contribution >= 4 is 31.1 Å². The van der Waals surface area contributed by atoms with Crippen LogP contribution in [0.4, 0.5) is 0 Å². The van der Waals surface area contributed by atoms with Gasteiger partial charge in [-0.3, -0.25) is 4.79 Å². The molecule has 34 heavy (non-hydrogen) atoms. The number of nitrogens with one attached hydrogen (secondary N) is 1. The lowest BCUT2D eigenvalue weighted by atomic mass is 10.1. The summed E-state index contributed by atoms with van der Waals surface area (Å²) in [5.41, 5.74) is 2.91. The van der Waals surface area contributed by atoms with Gasteiger partial charge in [0.15, 0.2) is 5.65 Å². The largest absolute Gasteiger partial charge is 0.478 e. The predicted molar refractivity (Wildman–Crippen MR) is 130 cm³/mol. The zero-order chi connectivity index (χ0) is 24.5. The van der Waals surface area contributed by atoms with Crippen LogP contribution in [0.15, 0.2) is 30.6 Å². The van der Waals surface area contributed by atoms with E-state index in [2.05, 4.69) is 34.9 Å². The summed E-state index contributed by atoms with van der Waals surface area (Å²) in [6.45, 7) is 9.16. The summed E-state index contributed by atoms with van der Waals surface area (Å²) in [6, 6.07) is 6.69. The molecule has 0 saturated carbocycles. The van der Waals surface area contributed by atoms with Crippen LogP contribution >= 0.6 is 0 Å². The van der Waals surface area contributed by atoms with E-state index in [1.807, 2.05) is 18.2 Å². The van der Waals surface area contributed by atoms with Gasteiger partial charge in [0, 0.05) is 27.8 Å². The quantitative estimate of drug-likeness (QED) is 0.344. The number of aromatic nitrogens is 3. The summed E-state index contributed by atoms with van der Waals surface area (Å²) in [4.78, 5) is 32.2. The molecule has 1 aromatic carbocycles. The van der Waals surface area contributed by atoms with E-state index in [-0.39, 0.29) is 35.6 Å². The molecule has 2 heterocycles. The first-order valence-corrected chi connectivity index (χ1v) is 15.1. The lowest BCUT2D eigenvalue weighted by molar-refractivity contribution is -0.119. The van der Waals surface area contributed by atoms with Gasteiger partial charge in [-0.05, 0) is 42.1 Å². The summed E-state index contributed by atoms with van der Waals surface area (Å²) in [5.74, 6) is -0.416. The van der Waals surface area contributed by atoms with Crippen molar-refractivity contribution in [3.05, 3.63) is 47.3 Å². The van der Waals surface area contributed by atoms with Crippen LogP contribution in [0, 0.1) is 0 Å². The first-order chi connectivity index (χ1) is 16.1. The van der Waals surface area contributed by atoms with Gasteiger partial charge in [-0.2, -0.15) is 0 Å². The van der Waals surface area contributed by atoms with E-state index >= 15 is 0 Å². The van der Waals surface area contributed by atoms with Crippen molar-refractivity contribution in [2.75, 3.05) is 6.61 Å². The molecular weight excluding hydrogens is 452 g/mol. The van der Waals surface area contributed by atoms with Crippen LogP contribution in [0.2, 0.25) is 25.7 Å². The van der Waals surface area contributed by atoms with Crippen LogP contribution in [0.5, 0.6) is 11.6 Å². The number of fused-ring (bicyclic) bond motifs is 2. The van der Waals surface area contributed by atoms with Gasteiger partial charge in [-0.25, -0.2) is 14.8 Å². The van der Waals surface area contributed by atoms with Gasteiger partial charge in [-0.1, -0.05) is 25.7 Å². The van der Waals surface area contributed by atoms with Crippen LogP contribution < -0.4 is 10.1 Å². The van der Waals surface area contributed by atoms with E-state index in [0.717, 1.165) is 24.4 Å². The number of aryl methyl sites for hydroxylation is 1. The average molecular weight is 483 g/mol. The van der Waals surface area contributed by atoms with Crippen LogP contribution in [0.1, 0.15) is 40.9 Å². The first-order valence-electron chi connectivity index (χ1n) is 11.4. The highest BCUT2D eigenvalue weighted by Crippen LogP contribution is 2.35. The van der Waals surface area contributed by atoms with E-state index in [1.54, 1.807) is 4.57 Å². The number of rotatable bonds is 9. The Morgan fingerprint density at radius 2 is 2.09 bits per heavy atom. The number of ether oxygens (including phenoxy) is 2. The van der Waals surface area contributed by atoms with Crippen LogP contribution in [-0.4, -0.2) is 46.2 Å². The highest BCUT2D eigenvalue weighted by molar-refractivity contribution is 6.76. The fourth-order valence-corrected chi connectivity index (χ4v) is 4.80. The van der Waals surface area contributed by atoms with Crippen LogP contribution in [0.3, 0.4) is 0 Å². The smallest absolute Gasteiger partial charge is 0.339 e. The van der Waals surface area contributed by atoms with Gasteiger partial charge in [0.05, 0.1) is 12.2 Å². The minimum atomic E-state index is -1.22. The molecule has 1 amide bonds. The number of aromatic carboxylic acids is 1. The summed E-state index contributed by atoms with van der Waals surface area (Å²) >= 11 is 0. The number of carbonyl (C=O) groups excluding carboxylic acids is 1. The molecule has 0 unspecified atom stereocenters. The van der Waals surface area contributed by atoms with Crippen molar-refractivity contribution in [1.29, 1.82) is 0 Å². The summed E-state index contributed by atoms with van der Waals surface area (Å²) in [7, 11) is -1.22. The maximum absolute atomic E-state index is 11.8. The normalized spacial score (nSPS) is 15.4. The van der Waals surface area contributed by atoms with E-state index in [9.17, 15) is 14.7 Å². The molecule has 10 heteroatoms. The average Bonchev–Trinajstić information content (AvgIpc) is 3.31. The molecule has 2 aromatic heterocycles. The molecule has 3 aromatic rings. The maximum Gasteiger partial charge on any atom is 0.339 e. The Balaban J connectivity index is 1.55. The topological polar surface area (TPSA) is 116 Å². The Morgan fingerprint density at radius 3 is 2.79 bits per heavy atom. The Hall–Kier alpha value is -3.24. The Labute approximate surface area is 199 Å². The van der Waals surface area contributed by atoms with Crippen LogP contribution in [-0.2, 0) is 22.7 Å². The lowest BCUT2D eigenvalue weighted by Gasteiger charge is -2.15. The molecule has 180 valence electrons. The van der Waals surface area contributed by atoms with Gasteiger partial charge < -0.3 is 24.5 Å². The fraction of sp³-hybridized carbons (Fsp3) is 0.417. The second-order valence-electron chi connectivity index (χ2n) is 9.80. The van der Waals surface area contributed by atoms with Gasteiger partial charge in [0.1, 0.15) is 23.6 Å². The number of carbonyl (C=O) groups is 2. The lowest BCUT2D eigenvalue weighted by Crippen LogP contribution is -2.24. The number of nitrogens with zero attached hydrogens (tertiary/aromatic N) is 3. The molecule has 4 rings (SSSR count). The molecule has 0 saturated heterocycles. The predicted octanol–water partition coefficient (Wildman–Crippen LogP) is 4.36. The number of amides is 1. The number of benzene rings is 1. The maximum atomic E-state index is 11.8.